The fourth-order valence-corrected chi connectivity index (χ4v) is 5.01. The first-order chi connectivity index (χ1) is 13.9. The van der Waals surface area contributed by atoms with Gasteiger partial charge in [-0.15, -0.1) is 0 Å². The van der Waals surface area contributed by atoms with Gasteiger partial charge in [-0.2, -0.15) is 4.31 Å². The van der Waals surface area contributed by atoms with Gasteiger partial charge in [-0.25, -0.2) is 8.42 Å². The molecule has 0 aliphatic carbocycles. The van der Waals surface area contributed by atoms with Crippen molar-refractivity contribution in [1.29, 1.82) is 0 Å². The molecule has 0 spiro atoms. The molecule has 156 valence electrons. The van der Waals surface area contributed by atoms with E-state index < -0.39 is 10.0 Å². The molecule has 1 aromatic carbocycles. The molecule has 0 bridgehead atoms. The molecule has 6 nitrogen and oxygen atoms in total. The van der Waals surface area contributed by atoms with Gasteiger partial charge in [-0.3, -0.25) is 9.78 Å². The summed E-state index contributed by atoms with van der Waals surface area (Å²) in [6.45, 7) is 5.43. The van der Waals surface area contributed by atoms with E-state index in [-0.39, 0.29) is 11.8 Å². The van der Waals surface area contributed by atoms with Gasteiger partial charge in [0.15, 0.2) is 0 Å². The summed E-state index contributed by atoms with van der Waals surface area (Å²) in [4.78, 5) is 17.0. The second-order valence-corrected chi connectivity index (χ2v) is 9.70. The molecule has 1 saturated heterocycles. The molecule has 29 heavy (non-hydrogen) atoms. The number of hydrogen-bond acceptors (Lipinski definition) is 4. The van der Waals surface area contributed by atoms with Crippen molar-refractivity contribution in [2.24, 2.45) is 5.92 Å². The number of sulfonamides is 1. The van der Waals surface area contributed by atoms with Crippen LogP contribution in [0.1, 0.15) is 43.9 Å². The van der Waals surface area contributed by atoms with Crippen LogP contribution in [0.15, 0.2) is 53.6 Å². The van der Waals surface area contributed by atoms with Crippen molar-refractivity contribution in [3.05, 3.63) is 59.9 Å². The van der Waals surface area contributed by atoms with Gasteiger partial charge in [-0.1, -0.05) is 32.0 Å². The zero-order valence-electron chi connectivity index (χ0n) is 17.0. The lowest BCUT2D eigenvalue weighted by molar-refractivity contribution is -0.126. The normalized spacial score (nSPS) is 16.1. The Bertz CT molecular complexity index is 904. The van der Waals surface area contributed by atoms with Gasteiger partial charge < -0.3 is 5.32 Å². The average Bonchev–Trinajstić information content (AvgIpc) is 2.74. The van der Waals surface area contributed by atoms with Crippen LogP contribution < -0.4 is 5.32 Å². The Hall–Kier alpha value is -2.25. The Morgan fingerprint density at radius 2 is 1.83 bits per heavy atom. The van der Waals surface area contributed by atoms with Crippen LogP contribution in [0.5, 0.6) is 0 Å². The highest BCUT2D eigenvalue weighted by molar-refractivity contribution is 7.89. The number of aromatic nitrogens is 1. The van der Waals surface area contributed by atoms with E-state index in [4.69, 9.17) is 0 Å². The third kappa shape index (κ3) is 5.42. The molecule has 1 aromatic heterocycles. The maximum absolute atomic E-state index is 12.9. The molecule has 1 N–H and O–H groups in total. The summed E-state index contributed by atoms with van der Waals surface area (Å²) in [5, 5.41) is 2.96. The second kappa shape index (κ2) is 9.50. The Kier molecular flexibility index (Phi) is 7.03. The lowest BCUT2D eigenvalue weighted by atomic mass is 9.97. The van der Waals surface area contributed by atoms with Crippen LogP contribution in [0.4, 0.5) is 0 Å². The summed E-state index contributed by atoms with van der Waals surface area (Å²) in [6.07, 6.45) is 3.51. The lowest BCUT2D eigenvalue weighted by Crippen LogP contribution is -2.43. The van der Waals surface area contributed by atoms with Gasteiger partial charge in [0.25, 0.3) is 0 Å². The topological polar surface area (TPSA) is 79.4 Å². The Morgan fingerprint density at radius 1 is 1.14 bits per heavy atom. The van der Waals surface area contributed by atoms with Gasteiger partial charge in [-0.05, 0) is 48.6 Å². The molecule has 3 rings (SSSR count). The summed E-state index contributed by atoms with van der Waals surface area (Å²) in [7, 11) is -3.51. The minimum atomic E-state index is -3.51. The van der Waals surface area contributed by atoms with Crippen LogP contribution in [0.2, 0.25) is 0 Å². The zero-order valence-corrected chi connectivity index (χ0v) is 17.9. The quantitative estimate of drug-likeness (QED) is 0.754. The zero-order chi connectivity index (χ0) is 20.9. The predicted octanol–water partition coefficient (Wildman–Crippen LogP) is 2.96. The first-order valence-electron chi connectivity index (χ1n) is 10.2. The molecular formula is C22H29N3O3S. The predicted molar refractivity (Wildman–Crippen MR) is 113 cm³/mol. The summed E-state index contributed by atoms with van der Waals surface area (Å²) < 4.78 is 27.3. The third-order valence-electron chi connectivity index (χ3n) is 5.42. The van der Waals surface area contributed by atoms with Crippen LogP contribution in [0.3, 0.4) is 0 Å². The minimum absolute atomic E-state index is 0.000680. The molecule has 0 unspecified atom stereocenters. The number of rotatable bonds is 7. The van der Waals surface area contributed by atoms with Gasteiger partial charge in [0.05, 0.1) is 4.90 Å². The van der Waals surface area contributed by atoms with Crippen LogP contribution in [0.25, 0.3) is 0 Å². The average molecular weight is 416 g/mol. The fourth-order valence-electron chi connectivity index (χ4n) is 3.54. The number of piperidine rings is 1. The van der Waals surface area contributed by atoms with Crippen LogP contribution in [-0.2, 0) is 21.2 Å². The number of pyridine rings is 1. The molecule has 1 aliphatic rings. The van der Waals surface area contributed by atoms with Crippen molar-refractivity contribution >= 4 is 15.9 Å². The van der Waals surface area contributed by atoms with Crippen molar-refractivity contribution in [3.63, 3.8) is 0 Å². The lowest BCUT2D eigenvalue weighted by Gasteiger charge is -2.30. The standard InChI is InChI=1S/C22H29N3O3S/c1-17(2)18-6-8-21(9-7-18)29(27,28)25-15-11-19(12-16-25)22(26)24-14-10-20-5-3-4-13-23-20/h3-9,13,17,19H,10-12,14-16H2,1-2H3,(H,24,26). The highest BCUT2D eigenvalue weighted by atomic mass is 32.2. The van der Waals surface area contributed by atoms with E-state index in [1.54, 1.807) is 18.3 Å². The first-order valence-corrected chi connectivity index (χ1v) is 11.6. The first kappa shape index (κ1) is 21.5. The van der Waals surface area contributed by atoms with E-state index in [1.165, 1.54) is 4.31 Å². The van der Waals surface area contributed by atoms with Crippen molar-refractivity contribution in [3.8, 4) is 0 Å². The van der Waals surface area contributed by atoms with Crippen LogP contribution in [0, 0.1) is 5.92 Å². The number of nitrogens with one attached hydrogen (secondary N) is 1. The van der Waals surface area contributed by atoms with E-state index in [0.29, 0.717) is 49.7 Å². The Morgan fingerprint density at radius 3 is 2.41 bits per heavy atom. The second-order valence-electron chi connectivity index (χ2n) is 7.76. The Labute approximate surface area is 173 Å². The molecule has 2 aromatic rings. The largest absolute Gasteiger partial charge is 0.355 e. The number of carbonyl (C=O) groups excluding carboxylic acids is 1. The van der Waals surface area contributed by atoms with Crippen molar-refractivity contribution in [2.75, 3.05) is 19.6 Å². The molecule has 1 amide bonds. The summed E-state index contributed by atoms with van der Waals surface area (Å²) in [6, 6.07) is 12.8. The van der Waals surface area contributed by atoms with E-state index in [1.807, 2.05) is 30.3 Å². The van der Waals surface area contributed by atoms with Gasteiger partial charge >= 0.3 is 0 Å². The number of hydrogen-bond donors (Lipinski definition) is 1. The highest BCUT2D eigenvalue weighted by Gasteiger charge is 2.32. The molecule has 7 heteroatoms. The number of carbonyl (C=O) groups is 1. The van der Waals surface area contributed by atoms with E-state index in [2.05, 4.69) is 24.1 Å². The molecule has 0 radical (unpaired) electrons. The fraction of sp³-hybridized carbons (Fsp3) is 0.455. The number of nitrogens with zero attached hydrogens (tertiary/aromatic N) is 2. The minimum Gasteiger partial charge on any atom is -0.355 e. The van der Waals surface area contributed by atoms with Crippen LogP contribution in [-0.4, -0.2) is 43.2 Å². The van der Waals surface area contributed by atoms with Crippen molar-refractivity contribution in [2.45, 2.75) is 43.9 Å². The molecule has 1 aliphatic heterocycles. The van der Waals surface area contributed by atoms with Gasteiger partial charge in [0, 0.05) is 43.9 Å². The molecule has 1 fully saturated rings. The van der Waals surface area contributed by atoms with Crippen LogP contribution >= 0.6 is 0 Å². The van der Waals surface area contributed by atoms with Crippen molar-refractivity contribution in [1.82, 2.24) is 14.6 Å². The highest BCUT2D eigenvalue weighted by Crippen LogP contribution is 2.25. The number of amides is 1. The van der Waals surface area contributed by atoms with E-state index in [0.717, 1.165) is 11.3 Å². The summed E-state index contributed by atoms with van der Waals surface area (Å²) in [5.41, 5.74) is 2.06. The molecule has 2 heterocycles. The summed E-state index contributed by atoms with van der Waals surface area (Å²) in [5.74, 6) is 0.214. The third-order valence-corrected chi connectivity index (χ3v) is 7.33. The van der Waals surface area contributed by atoms with E-state index in [9.17, 15) is 13.2 Å². The molecular weight excluding hydrogens is 386 g/mol. The number of benzene rings is 1. The van der Waals surface area contributed by atoms with E-state index >= 15 is 0 Å². The smallest absolute Gasteiger partial charge is 0.243 e. The monoisotopic (exact) mass is 415 g/mol. The van der Waals surface area contributed by atoms with Crippen molar-refractivity contribution < 1.29 is 13.2 Å². The molecule has 0 saturated carbocycles. The molecule has 0 atom stereocenters. The Balaban J connectivity index is 1.50. The maximum Gasteiger partial charge on any atom is 0.243 e. The SMILES string of the molecule is CC(C)c1ccc(S(=O)(=O)N2CCC(C(=O)NCCc3ccccn3)CC2)cc1. The summed E-state index contributed by atoms with van der Waals surface area (Å²) >= 11 is 0. The maximum atomic E-state index is 12.9. The van der Waals surface area contributed by atoms with Gasteiger partial charge in [0.1, 0.15) is 0 Å². The van der Waals surface area contributed by atoms with Gasteiger partial charge in [0.2, 0.25) is 15.9 Å².